The zero-order valence-corrected chi connectivity index (χ0v) is 16.2. The molecule has 2 aliphatic rings. The van der Waals surface area contributed by atoms with Crippen LogP contribution in [0.4, 0.5) is 0 Å². The molecule has 0 spiro atoms. The van der Waals surface area contributed by atoms with Crippen molar-refractivity contribution in [2.24, 2.45) is 0 Å². The molecule has 0 bridgehead atoms. The van der Waals surface area contributed by atoms with Crippen LogP contribution in [-0.4, -0.2) is 14.5 Å². The molecule has 0 radical (unpaired) electrons. The number of rotatable bonds is 1. The maximum Gasteiger partial charge on any atom is 0.0954 e. The first-order valence-corrected chi connectivity index (χ1v) is 10.7. The molecule has 6 rings (SSSR count). The number of benzene rings is 1. The average molecular weight is 376 g/mol. The molecule has 0 saturated heterocycles. The van der Waals surface area contributed by atoms with Crippen molar-refractivity contribution in [1.29, 1.82) is 0 Å². The van der Waals surface area contributed by atoms with Gasteiger partial charge in [-0.25, -0.2) is 4.98 Å². The second-order valence-electron chi connectivity index (χ2n) is 7.42. The molecule has 0 N–H and O–H groups in total. The molecule has 1 aliphatic heterocycles. The quantitative estimate of drug-likeness (QED) is 0.335. The maximum atomic E-state index is 4.44. The Morgan fingerprint density at radius 3 is 2.85 bits per heavy atom. The van der Waals surface area contributed by atoms with Gasteiger partial charge in [0.1, 0.15) is 0 Å². The predicted molar refractivity (Wildman–Crippen MR) is 114 cm³/mol. The summed E-state index contributed by atoms with van der Waals surface area (Å²) >= 11 is 1.82. The molecule has 4 heteroatoms. The third-order valence-electron chi connectivity index (χ3n) is 5.78. The van der Waals surface area contributed by atoms with Gasteiger partial charge in [-0.15, -0.1) is 11.3 Å². The van der Waals surface area contributed by atoms with Crippen molar-refractivity contribution in [2.75, 3.05) is 0 Å². The highest BCUT2D eigenvalue weighted by Crippen LogP contribution is 2.36. The van der Waals surface area contributed by atoms with E-state index in [1.165, 1.54) is 59.2 Å². The van der Waals surface area contributed by atoms with Gasteiger partial charge in [0.05, 0.1) is 30.3 Å². The van der Waals surface area contributed by atoms with Gasteiger partial charge in [-0.1, -0.05) is 37.5 Å². The van der Waals surface area contributed by atoms with Crippen molar-refractivity contribution < 1.29 is 1.43 Å². The van der Waals surface area contributed by atoms with E-state index in [-0.39, 0.29) is 1.43 Å². The number of pyridine rings is 1. The topological polar surface area (TPSA) is 30.7 Å². The van der Waals surface area contributed by atoms with Crippen molar-refractivity contribution in [3.8, 4) is 11.3 Å². The van der Waals surface area contributed by atoms with Crippen LogP contribution in [-0.2, 0) is 6.54 Å². The molecule has 1 fully saturated rings. The Bertz CT molecular complexity index is 1020. The molecule has 4 heterocycles. The summed E-state index contributed by atoms with van der Waals surface area (Å²) in [5.74, 6) is 0.765. The number of hydrogen-bond acceptors (Lipinski definition) is 3. The maximum absolute atomic E-state index is 4.44. The van der Waals surface area contributed by atoms with E-state index in [9.17, 15) is 0 Å². The molecular formula is C23H25N3S. The standard InChI is InChI=1S/C15H17N.C8H6N2S.H2/c1-2-6-12(7-3-1)13-10-11-16-15-9-5-4-8-14(13)15;1-2-11-8-4-10-5-9-3-7(10)6(1)8;/h4-5,8-12H,1-3,6-7H2;1-3,5H,4H2;1H. The van der Waals surface area contributed by atoms with Gasteiger partial charge in [0.25, 0.3) is 0 Å². The van der Waals surface area contributed by atoms with Crippen LogP contribution in [0.3, 0.4) is 0 Å². The van der Waals surface area contributed by atoms with Gasteiger partial charge in [-0.05, 0) is 47.9 Å². The Kier molecular flexibility index (Phi) is 4.50. The van der Waals surface area contributed by atoms with Crippen molar-refractivity contribution >= 4 is 22.2 Å². The molecule has 138 valence electrons. The van der Waals surface area contributed by atoms with Crippen LogP contribution in [0, 0.1) is 0 Å². The minimum atomic E-state index is 0. The number of fused-ring (bicyclic) bond motifs is 4. The SMILES string of the molecule is [HH].c1cc2c(s1)Cn1cncc1-2.c1ccc2c(C3CCCCC3)ccnc2c1. The lowest BCUT2D eigenvalue weighted by Crippen LogP contribution is -2.05. The minimum absolute atomic E-state index is 0. The van der Waals surface area contributed by atoms with Crippen LogP contribution in [0.2, 0.25) is 0 Å². The Morgan fingerprint density at radius 2 is 1.93 bits per heavy atom. The predicted octanol–water partition coefficient (Wildman–Crippen LogP) is 6.50. The smallest absolute Gasteiger partial charge is 0.0954 e. The van der Waals surface area contributed by atoms with E-state index in [2.05, 4.69) is 56.3 Å². The van der Waals surface area contributed by atoms with Crippen LogP contribution in [0.5, 0.6) is 0 Å². The third kappa shape index (κ3) is 3.19. The molecule has 0 amide bonds. The first kappa shape index (κ1) is 16.7. The number of imidazole rings is 1. The van der Waals surface area contributed by atoms with E-state index in [1.807, 2.05) is 30.1 Å². The lowest BCUT2D eigenvalue weighted by molar-refractivity contribution is 0.445. The van der Waals surface area contributed by atoms with Crippen molar-refractivity contribution in [2.45, 2.75) is 44.6 Å². The number of aromatic nitrogens is 3. The van der Waals surface area contributed by atoms with Gasteiger partial charge in [-0.2, -0.15) is 0 Å². The van der Waals surface area contributed by atoms with Crippen LogP contribution in [0.25, 0.3) is 22.2 Å². The molecule has 1 aromatic carbocycles. The number of thiophene rings is 1. The summed E-state index contributed by atoms with van der Waals surface area (Å²) in [7, 11) is 0. The fourth-order valence-electron chi connectivity index (χ4n) is 4.40. The summed E-state index contributed by atoms with van der Waals surface area (Å²) < 4.78 is 2.18. The van der Waals surface area contributed by atoms with Gasteiger partial charge < -0.3 is 4.57 Å². The highest BCUT2D eigenvalue weighted by atomic mass is 32.1. The fraction of sp³-hybridized carbons (Fsp3) is 0.304. The lowest BCUT2D eigenvalue weighted by atomic mass is 9.83. The highest BCUT2D eigenvalue weighted by molar-refractivity contribution is 7.10. The minimum Gasteiger partial charge on any atom is -0.325 e. The first-order chi connectivity index (χ1) is 13.4. The van der Waals surface area contributed by atoms with Crippen molar-refractivity contribution in [3.05, 3.63) is 70.9 Å². The summed E-state index contributed by atoms with van der Waals surface area (Å²) in [5, 5.41) is 3.50. The highest BCUT2D eigenvalue weighted by Gasteiger charge is 2.18. The average Bonchev–Trinajstić information content (AvgIpc) is 3.43. The van der Waals surface area contributed by atoms with Gasteiger partial charge >= 0.3 is 0 Å². The van der Waals surface area contributed by atoms with Crippen molar-refractivity contribution in [3.63, 3.8) is 0 Å². The number of nitrogens with zero attached hydrogens (tertiary/aromatic N) is 3. The van der Waals surface area contributed by atoms with Crippen molar-refractivity contribution in [1.82, 2.24) is 14.5 Å². The van der Waals surface area contributed by atoms with Gasteiger partial charge in [0, 0.05) is 23.5 Å². The van der Waals surface area contributed by atoms with Gasteiger partial charge in [-0.3, -0.25) is 4.98 Å². The second-order valence-corrected chi connectivity index (χ2v) is 8.42. The molecule has 1 saturated carbocycles. The Balaban J connectivity index is 0.000000140. The Hall–Kier alpha value is -2.46. The van der Waals surface area contributed by atoms with E-state index in [0.29, 0.717) is 0 Å². The zero-order chi connectivity index (χ0) is 18.1. The number of para-hydroxylation sites is 1. The monoisotopic (exact) mass is 375 g/mol. The fourth-order valence-corrected chi connectivity index (χ4v) is 5.29. The largest absolute Gasteiger partial charge is 0.325 e. The van der Waals surface area contributed by atoms with Crippen LogP contribution in [0.1, 0.15) is 49.9 Å². The summed E-state index contributed by atoms with van der Waals surface area (Å²) in [4.78, 5) is 9.99. The Morgan fingerprint density at radius 1 is 1.04 bits per heavy atom. The third-order valence-corrected chi connectivity index (χ3v) is 6.68. The molecule has 27 heavy (non-hydrogen) atoms. The first-order valence-electron chi connectivity index (χ1n) is 9.80. The summed E-state index contributed by atoms with van der Waals surface area (Å²) in [6.45, 7) is 1.02. The summed E-state index contributed by atoms with van der Waals surface area (Å²) in [6, 6.07) is 12.9. The normalized spacial score (nSPS) is 15.9. The molecule has 0 unspecified atom stereocenters. The zero-order valence-electron chi connectivity index (χ0n) is 15.3. The molecular weight excluding hydrogens is 350 g/mol. The Labute approximate surface area is 165 Å². The summed E-state index contributed by atoms with van der Waals surface area (Å²) in [6.07, 6.45) is 12.7. The summed E-state index contributed by atoms with van der Waals surface area (Å²) in [5.41, 5.74) is 5.30. The van der Waals surface area contributed by atoms with E-state index in [4.69, 9.17) is 0 Å². The van der Waals surface area contributed by atoms with E-state index < -0.39 is 0 Å². The van der Waals surface area contributed by atoms with Gasteiger partial charge in [0.15, 0.2) is 0 Å². The number of hydrogen-bond donors (Lipinski definition) is 0. The van der Waals surface area contributed by atoms with E-state index in [1.54, 1.807) is 0 Å². The molecule has 0 atom stereocenters. The van der Waals surface area contributed by atoms with Gasteiger partial charge in [0.2, 0.25) is 0 Å². The van der Waals surface area contributed by atoms with Crippen LogP contribution < -0.4 is 0 Å². The molecule has 3 nitrogen and oxygen atoms in total. The molecule has 3 aromatic heterocycles. The van der Waals surface area contributed by atoms with Crippen LogP contribution in [0.15, 0.2) is 60.5 Å². The molecule has 4 aromatic rings. The van der Waals surface area contributed by atoms with E-state index in [0.717, 1.165) is 18.0 Å². The second kappa shape index (κ2) is 7.28. The molecule has 1 aliphatic carbocycles. The lowest BCUT2D eigenvalue weighted by Gasteiger charge is -2.23. The van der Waals surface area contributed by atoms with E-state index >= 15 is 0 Å². The van der Waals surface area contributed by atoms with Crippen LogP contribution >= 0.6 is 11.3 Å².